The van der Waals surface area contributed by atoms with Crippen molar-refractivity contribution in [2.45, 2.75) is 37.2 Å². The van der Waals surface area contributed by atoms with Gasteiger partial charge in [0, 0.05) is 25.7 Å². The van der Waals surface area contributed by atoms with Gasteiger partial charge in [-0.3, -0.25) is 4.90 Å². The van der Waals surface area contributed by atoms with Crippen molar-refractivity contribution in [3.8, 4) is 0 Å². The number of hydrogen-bond donors (Lipinski definition) is 1. The highest BCUT2D eigenvalue weighted by molar-refractivity contribution is 7.89. The first-order valence-corrected chi connectivity index (χ1v) is 9.77. The summed E-state index contributed by atoms with van der Waals surface area (Å²) < 4.78 is 25.9. The van der Waals surface area contributed by atoms with Crippen LogP contribution >= 0.6 is 0 Å². The molecule has 1 heterocycles. The molecule has 2 rings (SSSR count). The van der Waals surface area contributed by atoms with Gasteiger partial charge in [0.25, 0.3) is 0 Å². The van der Waals surface area contributed by atoms with Crippen molar-refractivity contribution in [2.75, 3.05) is 34.2 Å². The second-order valence-electron chi connectivity index (χ2n) is 6.63. The van der Waals surface area contributed by atoms with Crippen LogP contribution < -0.4 is 4.72 Å². The van der Waals surface area contributed by atoms with Gasteiger partial charge in [-0.05, 0) is 51.2 Å². The molecular formula is C17H29N3O2S. The highest BCUT2D eigenvalue weighted by Crippen LogP contribution is 2.26. The van der Waals surface area contributed by atoms with E-state index in [1.165, 1.54) is 19.9 Å². The Balaban J connectivity index is 2.02. The number of likely N-dealkylation sites (N-methyl/N-ethyl adjacent to an activating group) is 1. The zero-order valence-corrected chi connectivity index (χ0v) is 15.4. The molecule has 130 valence electrons. The lowest BCUT2D eigenvalue weighted by atomic mass is 9.98. The molecule has 2 atom stereocenters. The Kier molecular flexibility index (Phi) is 6.19. The van der Waals surface area contributed by atoms with Crippen LogP contribution in [-0.2, 0) is 16.6 Å². The Labute approximate surface area is 140 Å². The minimum atomic E-state index is -3.35. The average molecular weight is 340 g/mol. The number of nitrogens with zero attached hydrogens (tertiary/aromatic N) is 2. The van der Waals surface area contributed by atoms with E-state index in [0.29, 0.717) is 10.9 Å². The minimum Gasteiger partial charge on any atom is -0.305 e. The van der Waals surface area contributed by atoms with Gasteiger partial charge in [-0.15, -0.1) is 0 Å². The fourth-order valence-electron chi connectivity index (χ4n) is 3.46. The molecule has 1 aliphatic heterocycles. The van der Waals surface area contributed by atoms with E-state index in [2.05, 4.69) is 35.5 Å². The molecule has 0 aliphatic carbocycles. The number of benzene rings is 1. The summed E-state index contributed by atoms with van der Waals surface area (Å²) in [7, 11) is 2.41. The molecule has 0 radical (unpaired) electrons. The Morgan fingerprint density at radius 1 is 1.22 bits per heavy atom. The molecule has 23 heavy (non-hydrogen) atoms. The van der Waals surface area contributed by atoms with E-state index in [-0.39, 0.29) is 0 Å². The van der Waals surface area contributed by atoms with E-state index in [1.54, 1.807) is 12.1 Å². The molecule has 1 aromatic rings. The summed E-state index contributed by atoms with van der Waals surface area (Å²) in [6.45, 7) is 5.32. The predicted molar refractivity (Wildman–Crippen MR) is 93.8 cm³/mol. The summed E-state index contributed by atoms with van der Waals surface area (Å²) >= 11 is 0. The van der Waals surface area contributed by atoms with Gasteiger partial charge in [0.2, 0.25) is 10.0 Å². The second-order valence-corrected chi connectivity index (χ2v) is 8.51. The van der Waals surface area contributed by atoms with Crippen molar-refractivity contribution >= 4 is 10.0 Å². The first-order valence-electron chi connectivity index (χ1n) is 8.28. The molecular weight excluding hydrogens is 310 g/mol. The number of hydrogen-bond acceptors (Lipinski definition) is 4. The number of likely N-dealkylation sites (tertiary alicyclic amines) is 1. The molecule has 1 fully saturated rings. The molecule has 1 aromatic carbocycles. The lowest BCUT2D eigenvalue weighted by molar-refractivity contribution is 0.239. The van der Waals surface area contributed by atoms with Gasteiger partial charge in [0.05, 0.1) is 4.90 Å². The van der Waals surface area contributed by atoms with Crippen molar-refractivity contribution in [2.24, 2.45) is 5.92 Å². The van der Waals surface area contributed by atoms with E-state index in [0.717, 1.165) is 31.1 Å². The average Bonchev–Trinajstić information content (AvgIpc) is 2.91. The number of rotatable bonds is 7. The molecule has 5 nitrogen and oxygen atoms in total. The summed E-state index contributed by atoms with van der Waals surface area (Å²) in [6.07, 6.45) is 2.48. The lowest BCUT2D eigenvalue weighted by Crippen LogP contribution is -2.35. The summed E-state index contributed by atoms with van der Waals surface area (Å²) in [6, 6.07) is 7.82. The highest BCUT2D eigenvalue weighted by atomic mass is 32.2. The molecule has 1 saturated heterocycles. The topological polar surface area (TPSA) is 52.7 Å². The van der Waals surface area contributed by atoms with Crippen LogP contribution in [0.4, 0.5) is 0 Å². The van der Waals surface area contributed by atoms with E-state index < -0.39 is 10.0 Å². The van der Waals surface area contributed by atoms with Crippen molar-refractivity contribution in [3.05, 3.63) is 29.8 Å². The zero-order chi connectivity index (χ0) is 17.0. The number of sulfonamides is 1. The summed E-state index contributed by atoms with van der Waals surface area (Å²) in [5, 5.41) is 0. The lowest BCUT2D eigenvalue weighted by Gasteiger charge is -2.24. The largest absolute Gasteiger partial charge is 0.305 e. The maximum absolute atomic E-state index is 11.8. The van der Waals surface area contributed by atoms with E-state index >= 15 is 0 Å². The fourth-order valence-corrected chi connectivity index (χ4v) is 4.19. The molecule has 0 saturated carbocycles. The van der Waals surface area contributed by atoms with Crippen LogP contribution in [0.1, 0.15) is 25.3 Å². The molecule has 0 aromatic heterocycles. The van der Waals surface area contributed by atoms with E-state index in [4.69, 9.17) is 0 Å². The van der Waals surface area contributed by atoms with Gasteiger partial charge in [-0.1, -0.05) is 25.5 Å². The molecule has 1 aliphatic rings. The van der Waals surface area contributed by atoms with Crippen LogP contribution in [0.2, 0.25) is 0 Å². The molecule has 6 heteroatoms. The third kappa shape index (κ3) is 4.53. The van der Waals surface area contributed by atoms with Gasteiger partial charge in [-0.25, -0.2) is 13.1 Å². The highest BCUT2D eigenvalue weighted by Gasteiger charge is 2.33. The van der Waals surface area contributed by atoms with Crippen LogP contribution in [-0.4, -0.2) is 58.5 Å². The van der Waals surface area contributed by atoms with Gasteiger partial charge in [-0.2, -0.15) is 0 Å². The zero-order valence-electron chi connectivity index (χ0n) is 14.6. The van der Waals surface area contributed by atoms with E-state index in [9.17, 15) is 8.42 Å². The maximum atomic E-state index is 11.8. The Hall–Kier alpha value is -0.950. The minimum absolute atomic E-state index is 0.320. The standard InChI is InChI=1S/C17H29N3O2S/c1-5-6-15-12-20(13-17(15)19(3)4)11-14-7-9-16(10-8-14)23(21,22)18-2/h7-10,15,17-18H,5-6,11-13H2,1-4H3/t15-,17-/m0/s1. The maximum Gasteiger partial charge on any atom is 0.240 e. The first-order chi connectivity index (χ1) is 10.9. The summed E-state index contributed by atoms with van der Waals surface area (Å²) in [5.74, 6) is 0.721. The fraction of sp³-hybridized carbons (Fsp3) is 0.647. The van der Waals surface area contributed by atoms with Crippen molar-refractivity contribution in [1.82, 2.24) is 14.5 Å². The summed E-state index contributed by atoms with van der Waals surface area (Å²) in [5.41, 5.74) is 1.16. The van der Waals surface area contributed by atoms with Crippen molar-refractivity contribution in [3.63, 3.8) is 0 Å². The Bertz CT molecular complexity index is 599. The molecule has 0 spiro atoms. The molecule has 1 N–H and O–H groups in total. The van der Waals surface area contributed by atoms with Crippen LogP contribution in [0.3, 0.4) is 0 Å². The SMILES string of the molecule is CCC[C@H]1CN(Cc2ccc(S(=O)(=O)NC)cc2)C[C@@H]1N(C)C. The van der Waals surface area contributed by atoms with Crippen LogP contribution in [0.15, 0.2) is 29.2 Å². The van der Waals surface area contributed by atoms with Gasteiger partial charge in [0.15, 0.2) is 0 Å². The third-order valence-electron chi connectivity index (χ3n) is 4.71. The van der Waals surface area contributed by atoms with Gasteiger partial charge >= 0.3 is 0 Å². The second kappa shape index (κ2) is 7.75. The van der Waals surface area contributed by atoms with Crippen molar-refractivity contribution < 1.29 is 8.42 Å². The quantitative estimate of drug-likeness (QED) is 0.822. The molecule has 0 unspecified atom stereocenters. The number of nitrogens with one attached hydrogen (secondary N) is 1. The van der Waals surface area contributed by atoms with Crippen LogP contribution in [0.25, 0.3) is 0 Å². The summed E-state index contributed by atoms with van der Waals surface area (Å²) in [4.78, 5) is 5.13. The predicted octanol–water partition coefficient (Wildman–Crippen LogP) is 1.76. The Morgan fingerprint density at radius 3 is 2.39 bits per heavy atom. The normalized spacial score (nSPS) is 22.8. The van der Waals surface area contributed by atoms with E-state index in [1.807, 2.05) is 12.1 Å². The van der Waals surface area contributed by atoms with Gasteiger partial charge in [0.1, 0.15) is 0 Å². The van der Waals surface area contributed by atoms with Gasteiger partial charge < -0.3 is 4.90 Å². The van der Waals surface area contributed by atoms with Crippen LogP contribution in [0, 0.1) is 5.92 Å². The van der Waals surface area contributed by atoms with Crippen LogP contribution in [0.5, 0.6) is 0 Å². The Morgan fingerprint density at radius 2 is 1.87 bits per heavy atom. The smallest absolute Gasteiger partial charge is 0.240 e. The van der Waals surface area contributed by atoms with Crippen molar-refractivity contribution in [1.29, 1.82) is 0 Å². The first kappa shape index (κ1) is 18.4. The molecule has 0 bridgehead atoms. The third-order valence-corrected chi connectivity index (χ3v) is 6.14. The monoisotopic (exact) mass is 339 g/mol. The molecule has 0 amide bonds.